The van der Waals surface area contributed by atoms with Crippen molar-refractivity contribution < 1.29 is 19.7 Å². The summed E-state index contributed by atoms with van der Waals surface area (Å²) in [4.78, 5) is 11.9. The van der Waals surface area contributed by atoms with Gasteiger partial charge < -0.3 is 14.9 Å². The quantitative estimate of drug-likeness (QED) is 0.569. The largest absolute Gasteiger partial charge is 0.508 e. The van der Waals surface area contributed by atoms with Crippen LogP contribution in [0, 0.1) is 0 Å². The topological polar surface area (TPSA) is 91.2 Å². The molecule has 0 saturated heterocycles. The number of hydrogen-bond acceptors (Lipinski definition) is 5. The van der Waals surface area contributed by atoms with Gasteiger partial charge in [-0.05, 0) is 68.0 Å². The Kier molecular flexibility index (Phi) is 5.41. The second kappa shape index (κ2) is 7.91. The summed E-state index contributed by atoms with van der Waals surface area (Å²) in [5.41, 5.74) is 5.92. The highest BCUT2D eigenvalue weighted by Gasteiger charge is 2.11. The minimum Gasteiger partial charge on any atom is -0.508 e. The molecule has 0 fully saturated rings. The molecule has 3 N–H and O–H groups in total. The summed E-state index contributed by atoms with van der Waals surface area (Å²) in [6.45, 7) is 1.51. The molecule has 136 valence electrons. The minimum absolute atomic E-state index is 0.0402. The molecule has 0 spiro atoms. The molecule has 1 aliphatic carbocycles. The molecule has 2 aromatic carbocycles. The second-order valence-electron chi connectivity index (χ2n) is 6.36. The summed E-state index contributed by atoms with van der Waals surface area (Å²) in [7, 11) is 0. The smallest absolute Gasteiger partial charge is 0.277 e. The maximum absolute atomic E-state index is 11.9. The molecule has 1 amide bonds. The minimum atomic E-state index is -0.389. The first-order valence-electron chi connectivity index (χ1n) is 8.63. The average Bonchev–Trinajstić information content (AvgIpc) is 2.64. The molecule has 3 rings (SSSR count). The van der Waals surface area contributed by atoms with Gasteiger partial charge in [0.05, 0.1) is 5.71 Å². The number of amides is 1. The summed E-state index contributed by atoms with van der Waals surface area (Å²) in [6.07, 6.45) is 4.57. The number of nitrogens with zero attached hydrogens (tertiary/aromatic N) is 1. The summed E-state index contributed by atoms with van der Waals surface area (Å²) in [6, 6.07) is 10.1. The molecule has 0 aliphatic heterocycles. The zero-order valence-corrected chi connectivity index (χ0v) is 14.7. The van der Waals surface area contributed by atoms with Crippen LogP contribution in [-0.2, 0) is 17.6 Å². The SMILES string of the molecule is C/C(=N\NC(=O)COc1ccc2c(c1)CCCC2)c1ccc(O)cc1O. The van der Waals surface area contributed by atoms with Crippen molar-refractivity contribution in [3.63, 3.8) is 0 Å². The number of hydrazone groups is 1. The van der Waals surface area contributed by atoms with Gasteiger partial charge in [0, 0.05) is 11.6 Å². The van der Waals surface area contributed by atoms with E-state index in [9.17, 15) is 15.0 Å². The van der Waals surface area contributed by atoms with E-state index in [1.807, 2.05) is 12.1 Å². The van der Waals surface area contributed by atoms with Crippen molar-refractivity contribution in [2.24, 2.45) is 5.10 Å². The standard InChI is InChI=1S/C20H22N2O4/c1-13(18-9-7-16(23)11-19(18)24)21-22-20(25)12-26-17-8-6-14-4-2-3-5-15(14)10-17/h6-11,23-24H,2-5,12H2,1H3,(H,22,25)/b21-13+. The molecule has 0 heterocycles. The Morgan fingerprint density at radius 3 is 2.65 bits per heavy atom. The zero-order chi connectivity index (χ0) is 18.5. The van der Waals surface area contributed by atoms with Gasteiger partial charge in [0.25, 0.3) is 5.91 Å². The van der Waals surface area contributed by atoms with Crippen LogP contribution in [0.5, 0.6) is 17.2 Å². The Labute approximate surface area is 152 Å². The number of ether oxygens (including phenoxy) is 1. The molecular formula is C20H22N2O4. The molecule has 0 aromatic heterocycles. The first-order valence-corrected chi connectivity index (χ1v) is 8.63. The van der Waals surface area contributed by atoms with Crippen molar-refractivity contribution in [1.82, 2.24) is 5.43 Å². The van der Waals surface area contributed by atoms with E-state index in [1.54, 1.807) is 6.92 Å². The number of phenols is 2. The molecular weight excluding hydrogens is 332 g/mol. The number of aryl methyl sites for hydroxylation is 2. The molecule has 0 bridgehead atoms. The molecule has 1 aliphatic rings. The van der Waals surface area contributed by atoms with Gasteiger partial charge >= 0.3 is 0 Å². The van der Waals surface area contributed by atoms with Gasteiger partial charge in [-0.2, -0.15) is 5.10 Å². The molecule has 0 atom stereocenters. The Hall–Kier alpha value is -3.02. The van der Waals surface area contributed by atoms with Crippen LogP contribution in [0.25, 0.3) is 0 Å². The van der Waals surface area contributed by atoms with E-state index in [4.69, 9.17) is 4.74 Å². The second-order valence-corrected chi connectivity index (χ2v) is 6.36. The number of hydrogen-bond donors (Lipinski definition) is 3. The van der Waals surface area contributed by atoms with Crippen LogP contribution >= 0.6 is 0 Å². The summed E-state index contributed by atoms with van der Waals surface area (Å²) < 4.78 is 5.55. The van der Waals surface area contributed by atoms with E-state index in [0.717, 1.165) is 12.8 Å². The first-order chi connectivity index (χ1) is 12.5. The van der Waals surface area contributed by atoms with Gasteiger partial charge in [-0.1, -0.05) is 6.07 Å². The normalized spacial score (nSPS) is 13.8. The molecule has 6 nitrogen and oxygen atoms in total. The van der Waals surface area contributed by atoms with Crippen LogP contribution < -0.4 is 10.2 Å². The molecule has 0 saturated carbocycles. The van der Waals surface area contributed by atoms with Gasteiger partial charge in [-0.3, -0.25) is 4.79 Å². The fourth-order valence-corrected chi connectivity index (χ4v) is 3.01. The highest BCUT2D eigenvalue weighted by atomic mass is 16.5. The van der Waals surface area contributed by atoms with Crippen molar-refractivity contribution >= 4 is 11.6 Å². The van der Waals surface area contributed by atoms with E-state index in [-0.39, 0.29) is 24.0 Å². The van der Waals surface area contributed by atoms with Crippen molar-refractivity contribution in [3.05, 3.63) is 53.1 Å². The van der Waals surface area contributed by atoms with Gasteiger partial charge in [-0.15, -0.1) is 0 Å². The van der Waals surface area contributed by atoms with Gasteiger partial charge in [0.1, 0.15) is 17.2 Å². The van der Waals surface area contributed by atoms with E-state index < -0.39 is 0 Å². The molecule has 0 unspecified atom stereocenters. The average molecular weight is 354 g/mol. The van der Waals surface area contributed by atoms with E-state index in [1.165, 1.54) is 42.2 Å². The number of phenolic OH excluding ortho intramolecular Hbond substituents is 2. The van der Waals surface area contributed by atoms with Crippen LogP contribution in [0.15, 0.2) is 41.5 Å². The van der Waals surface area contributed by atoms with Crippen LogP contribution in [0.4, 0.5) is 0 Å². The van der Waals surface area contributed by atoms with Crippen molar-refractivity contribution in [2.75, 3.05) is 6.61 Å². The fourth-order valence-electron chi connectivity index (χ4n) is 3.01. The van der Waals surface area contributed by atoms with Crippen LogP contribution in [-0.4, -0.2) is 28.4 Å². The summed E-state index contributed by atoms with van der Waals surface area (Å²) >= 11 is 0. The van der Waals surface area contributed by atoms with Gasteiger partial charge in [0.2, 0.25) is 0 Å². The third kappa shape index (κ3) is 4.33. The van der Waals surface area contributed by atoms with E-state index in [2.05, 4.69) is 16.6 Å². The molecule has 0 radical (unpaired) electrons. The van der Waals surface area contributed by atoms with Gasteiger partial charge in [0.15, 0.2) is 6.61 Å². The van der Waals surface area contributed by atoms with E-state index in [0.29, 0.717) is 17.0 Å². The third-order valence-corrected chi connectivity index (χ3v) is 4.41. The van der Waals surface area contributed by atoms with Crippen molar-refractivity contribution in [3.8, 4) is 17.2 Å². The zero-order valence-electron chi connectivity index (χ0n) is 14.7. The first kappa shape index (κ1) is 17.8. The van der Waals surface area contributed by atoms with Crippen LogP contribution in [0.2, 0.25) is 0 Å². The number of benzene rings is 2. The lowest BCUT2D eigenvalue weighted by atomic mass is 9.92. The Morgan fingerprint density at radius 2 is 1.88 bits per heavy atom. The number of carbonyl (C=O) groups is 1. The predicted octanol–water partition coefficient (Wildman–Crippen LogP) is 2.90. The van der Waals surface area contributed by atoms with Crippen molar-refractivity contribution in [1.29, 1.82) is 0 Å². The Bertz CT molecular complexity index is 846. The highest BCUT2D eigenvalue weighted by Crippen LogP contribution is 2.25. The number of rotatable bonds is 5. The third-order valence-electron chi connectivity index (χ3n) is 4.41. The highest BCUT2D eigenvalue weighted by molar-refractivity contribution is 6.01. The fraction of sp³-hybridized carbons (Fsp3) is 0.300. The van der Waals surface area contributed by atoms with E-state index >= 15 is 0 Å². The Morgan fingerprint density at radius 1 is 1.12 bits per heavy atom. The lowest BCUT2D eigenvalue weighted by Gasteiger charge is -2.16. The summed E-state index contributed by atoms with van der Waals surface area (Å²) in [5, 5.41) is 23.1. The lowest BCUT2D eigenvalue weighted by Crippen LogP contribution is -2.25. The van der Waals surface area contributed by atoms with Gasteiger partial charge in [-0.25, -0.2) is 5.43 Å². The monoisotopic (exact) mass is 354 g/mol. The molecule has 2 aromatic rings. The number of aromatic hydroxyl groups is 2. The molecule has 26 heavy (non-hydrogen) atoms. The number of nitrogens with one attached hydrogen (secondary N) is 1. The maximum Gasteiger partial charge on any atom is 0.277 e. The maximum atomic E-state index is 11.9. The van der Waals surface area contributed by atoms with Crippen LogP contribution in [0.1, 0.15) is 36.5 Å². The number of fused-ring (bicyclic) bond motifs is 1. The Balaban J connectivity index is 1.55. The van der Waals surface area contributed by atoms with Crippen molar-refractivity contribution in [2.45, 2.75) is 32.6 Å². The lowest BCUT2D eigenvalue weighted by molar-refractivity contribution is -0.123. The molecule has 6 heteroatoms. The number of carbonyl (C=O) groups excluding carboxylic acids is 1. The van der Waals surface area contributed by atoms with Crippen LogP contribution in [0.3, 0.4) is 0 Å². The predicted molar refractivity (Wildman–Crippen MR) is 98.7 cm³/mol. The summed E-state index contributed by atoms with van der Waals surface area (Å²) in [5.74, 6) is 0.144.